The monoisotopic (exact) mass is 224 g/mol. The first-order valence-corrected chi connectivity index (χ1v) is 5.26. The molecule has 0 aliphatic rings. The minimum Gasteiger partial charge on any atom is -0.496 e. The summed E-state index contributed by atoms with van der Waals surface area (Å²) in [6.45, 7) is 1.94. The first-order chi connectivity index (χ1) is 8.26. The van der Waals surface area contributed by atoms with Gasteiger partial charge in [0, 0.05) is 11.8 Å². The highest BCUT2D eigenvalue weighted by Gasteiger charge is 2.09. The molecule has 0 unspecified atom stereocenters. The van der Waals surface area contributed by atoms with Crippen molar-refractivity contribution in [2.75, 3.05) is 7.11 Å². The van der Waals surface area contributed by atoms with Gasteiger partial charge in [0.15, 0.2) is 0 Å². The van der Waals surface area contributed by atoms with Crippen molar-refractivity contribution in [3.8, 4) is 23.1 Å². The first kappa shape index (κ1) is 11.2. The van der Waals surface area contributed by atoms with E-state index in [9.17, 15) is 0 Å². The number of hydrogen-bond acceptors (Lipinski definition) is 3. The Morgan fingerprint density at radius 1 is 1.29 bits per heavy atom. The van der Waals surface area contributed by atoms with Crippen LogP contribution in [0.1, 0.15) is 11.1 Å². The van der Waals surface area contributed by atoms with Crippen LogP contribution in [-0.2, 0) is 0 Å². The average Bonchev–Trinajstić information content (AvgIpc) is 2.38. The molecule has 3 nitrogen and oxygen atoms in total. The number of aromatic nitrogens is 1. The summed E-state index contributed by atoms with van der Waals surface area (Å²) in [6.07, 6.45) is 1.58. The van der Waals surface area contributed by atoms with E-state index in [1.165, 1.54) is 0 Å². The van der Waals surface area contributed by atoms with Gasteiger partial charge in [0.25, 0.3) is 0 Å². The molecule has 0 saturated heterocycles. The molecule has 0 radical (unpaired) electrons. The third-order valence-corrected chi connectivity index (χ3v) is 2.57. The summed E-state index contributed by atoms with van der Waals surface area (Å²) < 4.78 is 5.31. The Hall–Kier alpha value is -2.34. The van der Waals surface area contributed by atoms with Gasteiger partial charge in [-0.2, -0.15) is 5.26 Å². The van der Waals surface area contributed by atoms with E-state index in [1.54, 1.807) is 13.3 Å². The van der Waals surface area contributed by atoms with Crippen molar-refractivity contribution < 1.29 is 4.74 Å². The van der Waals surface area contributed by atoms with E-state index in [4.69, 9.17) is 10.00 Å². The number of benzene rings is 1. The number of rotatable bonds is 2. The Kier molecular flexibility index (Phi) is 3.06. The zero-order valence-electron chi connectivity index (χ0n) is 9.77. The second-order valence-corrected chi connectivity index (χ2v) is 3.70. The zero-order valence-corrected chi connectivity index (χ0v) is 9.77. The summed E-state index contributed by atoms with van der Waals surface area (Å²) in [7, 11) is 1.64. The van der Waals surface area contributed by atoms with Crippen LogP contribution in [0.5, 0.6) is 5.75 Å². The van der Waals surface area contributed by atoms with E-state index >= 15 is 0 Å². The minimum atomic E-state index is 0.571. The number of hydrogen-bond donors (Lipinski definition) is 0. The molecule has 0 spiro atoms. The maximum Gasteiger partial charge on any atom is 0.128 e. The lowest BCUT2D eigenvalue weighted by atomic mass is 10.0. The number of para-hydroxylation sites is 1. The largest absolute Gasteiger partial charge is 0.496 e. The van der Waals surface area contributed by atoms with Crippen LogP contribution in [0.25, 0.3) is 11.3 Å². The standard InChI is InChI=1S/C14H12N2O/c1-10-7-11(8-15)9-16-14(10)12-5-3-4-6-13(12)17-2/h3-7,9H,1-2H3. The number of aryl methyl sites for hydroxylation is 1. The molecule has 1 aromatic heterocycles. The van der Waals surface area contributed by atoms with Crippen molar-refractivity contribution in [3.05, 3.63) is 47.7 Å². The third kappa shape index (κ3) is 2.11. The summed E-state index contributed by atoms with van der Waals surface area (Å²) >= 11 is 0. The van der Waals surface area contributed by atoms with Gasteiger partial charge in [0.2, 0.25) is 0 Å². The maximum atomic E-state index is 8.81. The van der Waals surface area contributed by atoms with Gasteiger partial charge >= 0.3 is 0 Å². The van der Waals surface area contributed by atoms with Crippen LogP contribution in [-0.4, -0.2) is 12.1 Å². The van der Waals surface area contributed by atoms with E-state index in [-0.39, 0.29) is 0 Å². The average molecular weight is 224 g/mol. The molecule has 2 aromatic rings. The molecule has 0 amide bonds. The number of nitrogens with zero attached hydrogens (tertiary/aromatic N) is 2. The predicted octanol–water partition coefficient (Wildman–Crippen LogP) is 2.94. The fraction of sp³-hybridized carbons (Fsp3) is 0.143. The lowest BCUT2D eigenvalue weighted by Crippen LogP contribution is -1.93. The Bertz CT molecular complexity index is 585. The second-order valence-electron chi connectivity index (χ2n) is 3.70. The molecular formula is C14H12N2O. The van der Waals surface area contributed by atoms with Crippen LogP contribution in [0.15, 0.2) is 36.5 Å². The minimum absolute atomic E-state index is 0.571. The van der Waals surface area contributed by atoms with Gasteiger partial charge in [-0.05, 0) is 30.7 Å². The normalized spacial score (nSPS) is 9.71. The highest BCUT2D eigenvalue weighted by atomic mass is 16.5. The van der Waals surface area contributed by atoms with E-state index in [0.29, 0.717) is 5.56 Å². The summed E-state index contributed by atoms with van der Waals surface area (Å²) in [5.74, 6) is 0.785. The molecule has 0 saturated carbocycles. The van der Waals surface area contributed by atoms with Crippen LogP contribution < -0.4 is 4.74 Å². The lowest BCUT2D eigenvalue weighted by molar-refractivity contribution is 0.416. The predicted molar refractivity (Wildman–Crippen MR) is 65.7 cm³/mol. The molecule has 0 aliphatic carbocycles. The van der Waals surface area contributed by atoms with Crippen LogP contribution in [0, 0.1) is 18.3 Å². The number of methoxy groups -OCH3 is 1. The molecule has 84 valence electrons. The van der Waals surface area contributed by atoms with Crippen molar-refractivity contribution in [2.24, 2.45) is 0 Å². The van der Waals surface area contributed by atoms with Crippen molar-refractivity contribution >= 4 is 0 Å². The van der Waals surface area contributed by atoms with E-state index < -0.39 is 0 Å². The molecule has 1 heterocycles. The molecule has 17 heavy (non-hydrogen) atoms. The maximum absolute atomic E-state index is 8.81. The number of nitriles is 1. The number of pyridine rings is 1. The summed E-state index contributed by atoms with van der Waals surface area (Å²) in [5.41, 5.74) is 3.33. The molecule has 3 heteroatoms. The van der Waals surface area contributed by atoms with Crippen LogP contribution >= 0.6 is 0 Å². The lowest BCUT2D eigenvalue weighted by Gasteiger charge is -2.09. The highest BCUT2D eigenvalue weighted by Crippen LogP contribution is 2.30. The second kappa shape index (κ2) is 4.67. The first-order valence-electron chi connectivity index (χ1n) is 5.26. The van der Waals surface area contributed by atoms with E-state index in [0.717, 1.165) is 22.6 Å². The Morgan fingerprint density at radius 3 is 2.71 bits per heavy atom. The molecule has 0 bridgehead atoms. The Labute approximate surface area is 100 Å². The van der Waals surface area contributed by atoms with Gasteiger partial charge in [-0.1, -0.05) is 12.1 Å². The molecule has 0 fully saturated rings. The molecule has 2 rings (SSSR count). The van der Waals surface area contributed by atoms with Crippen molar-refractivity contribution in [2.45, 2.75) is 6.92 Å². The van der Waals surface area contributed by atoms with E-state index in [2.05, 4.69) is 11.1 Å². The van der Waals surface area contributed by atoms with Crippen LogP contribution in [0.2, 0.25) is 0 Å². The quantitative estimate of drug-likeness (QED) is 0.787. The van der Waals surface area contributed by atoms with Gasteiger partial charge in [0.05, 0.1) is 18.4 Å². The Morgan fingerprint density at radius 2 is 2.06 bits per heavy atom. The molecule has 1 aromatic carbocycles. The smallest absolute Gasteiger partial charge is 0.128 e. The summed E-state index contributed by atoms with van der Waals surface area (Å²) in [5, 5.41) is 8.81. The van der Waals surface area contributed by atoms with E-state index in [1.807, 2.05) is 37.3 Å². The fourth-order valence-corrected chi connectivity index (χ4v) is 1.76. The zero-order chi connectivity index (χ0) is 12.3. The summed E-state index contributed by atoms with van der Waals surface area (Å²) in [4.78, 5) is 4.33. The number of ether oxygens (including phenoxy) is 1. The van der Waals surface area contributed by atoms with Gasteiger partial charge in [-0.25, -0.2) is 0 Å². The van der Waals surface area contributed by atoms with Crippen molar-refractivity contribution in [1.29, 1.82) is 5.26 Å². The van der Waals surface area contributed by atoms with Gasteiger partial charge in [-0.15, -0.1) is 0 Å². The van der Waals surface area contributed by atoms with Crippen LogP contribution in [0.4, 0.5) is 0 Å². The van der Waals surface area contributed by atoms with Gasteiger partial charge < -0.3 is 4.74 Å². The molecule has 0 aliphatic heterocycles. The topological polar surface area (TPSA) is 45.9 Å². The van der Waals surface area contributed by atoms with Gasteiger partial charge in [-0.3, -0.25) is 4.98 Å². The van der Waals surface area contributed by atoms with Crippen molar-refractivity contribution in [3.63, 3.8) is 0 Å². The molecule has 0 atom stereocenters. The van der Waals surface area contributed by atoms with Crippen LogP contribution in [0.3, 0.4) is 0 Å². The SMILES string of the molecule is COc1ccccc1-c1ncc(C#N)cc1C. The van der Waals surface area contributed by atoms with Crippen molar-refractivity contribution in [1.82, 2.24) is 4.98 Å². The summed E-state index contributed by atoms with van der Waals surface area (Å²) in [6, 6.07) is 11.6. The van der Waals surface area contributed by atoms with Gasteiger partial charge in [0.1, 0.15) is 11.8 Å². The fourth-order valence-electron chi connectivity index (χ4n) is 1.76. The highest BCUT2D eigenvalue weighted by molar-refractivity contribution is 5.70. The third-order valence-electron chi connectivity index (χ3n) is 2.57. The Balaban J connectivity index is 2.57. The molecular weight excluding hydrogens is 212 g/mol. The molecule has 0 N–H and O–H groups in total.